The fourth-order valence-corrected chi connectivity index (χ4v) is 2.06. The zero-order valence-corrected chi connectivity index (χ0v) is 14.0. The van der Waals surface area contributed by atoms with Gasteiger partial charge in [0.2, 0.25) is 0 Å². The van der Waals surface area contributed by atoms with Gasteiger partial charge in [-0.15, -0.1) is 0 Å². The van der Waals surface area contributed by atoms with Gasteiger partial charge in [0.25, 0.3) is 0 Å². The number of anilines is 2. The van der Waals surface area contributed by atoms with Crippen LogP contribution < -0.4 is 10.6 Å². The van der Waals surface area contributed by atoms with Gasteiger partial charge in [-0.3, -0.25) is 0 Å². The molecule has 0 aromatic carbocycles. The highest BCUT2D eigenvalue weighted by molar-refractivity contribution is 5.48. The van der Waals surface area contributed by atoms with Crippen LogP contribution >= 0.6 is 0 Å². The smallest absolute Gasteiger partial charge is 0.138 e. The van der Waals surface area contributed by atoms with Gasteiger partial charge in [-0.2, -0.15) is 0 Å². The van der Waals surface area contributed by atoms with E-state index in [1.54, 1.807) is 0 Å². The molecule has 1 unspecified atom stereocenters. The molecule has 20 heavy (non-hydrogen) atoms. The van der Waals surface area contributed by atoms with Crippen molar-refractivity contribution in [3.05, 3.63) is 11.9 Å². The molecule has 0 amide bonds. The van der Waals surface area contributed by atoms with E-state index in [-0.39, 0.29) is 5.41 Å². The van der Waals surface area contributed by atoms with E-state index in [1.807, 2.05) is 6.07 Å². The lowest BCUT2D eigenvalue weighted by atomic mass is 9.95. The van der Waals surface area contributed by atoms with Gasteiger partial charge in [-0.1, -0.05) is 41.5 Å². The molecule has 0 fully saturated rings. The fraction of sp³-hybridized carbons (Fsp3) is 0.750. The van der Waals surface area contributed by atoms with E-state index in [1.165, 1.54) is 0 Å². The molecule has 1 aromatic rings. The Hall–Kier alpha value is -1.32. The maximum atomic E-state index is 4.69. The van der Waals surface area contributed by atoms with E-state index in [2.05, 4.69) is 64.1 Å². The second-order valence-electron chi connectivity index (χ2n) is 6.65. The molecule has 1 aromatic heterocycles. The topological polar surface area (TPSA) is 49.8 Å². The highest BCUT2D eigenvalue weighted by atomic mass is 15.1. The van der Waals surface area contributed by atoms with Gasteiger partial charge in [0.15, 0.2) is 0 Å². The Kier molecular flexibility index (Phi) is 5.78. The molecular formula is C16H30N4. The molecule has 4 nitrogen and oxygen atoms in total. The summed E-state index contributed by atoms with van der Waals surface area (Å²) < 4.78 is 0. The van der Waals surface area contributed by atoms with E-state index >= 15 is 0 Å². The average Bonchev–Trinajstić information content (AvgIpc) is 2.34. The summed E-state index contributed by atoms with van der Waals surface area (Å²) in [5.74, 6) is 3.27. The molecule has 114 valence electrons. The summed E-state index contributed by atoms with van der Waals surface area (Å²) in [7, 11) is 0. The van der Waals surface area contributed by atoms with Crippen LogP contribution in [-0.4, -0.2) is 22.6 Å². The number of aromatic nitrogens is 2. The highest BCUT2D eigenvalue weighted by Gasteiger charge is 2.20. The van der Waals surface area contributed by atoms with E-state index in [0.717, 1.165) is 30.4 Å². The quantitative estimate of drug-likeness (QED) is 0.824. The molecule has 1 rings (SSSR count). The summed E-state index contributed by atoms with van der Waals surface area (Å²) >= 11 is 0. The molecule has 0 spiro atoms. The Bertz CT molecular complexity index is 421. The summed E-state index contributed by atoms with van der Waals surface area (Å²) in [6, 6.07) is 2.44. The number of rotatable bonds is 6. The highest BCUT2D eigenvalue weighted by Crippen LogP contribution is 2.23. The van der Waals surface area contributed by atoms with Gasteiger partial charge in [-0.05, 0) is 19.3 Å². The van der Waals surface area contributed by atoms with Crippen molar-refractivity contribution in [1.29, 1.82) is 0 Å². The van der Waals surface area contributed by atoms with Gasteiger partial charge >= 0.3 is 0 Å². The second-order valence-corrected chi connectivity index (χ2v) is 6.65. The Morgan fingerprint density at radius 3 is 2.15 bits per heavy atom. The molecule has 1 atom stereocenters. The van der Waals surface area contributed by atoms with E-state index < -0.39 is 0 Å². The third kappa shape index (κ3) is 4.66. The van der Waals surface area contributed by atoms with Crippen molar-refractivity contribution in [1.82, 2.24) is 9.97 Å². The van der Waals surface area contributed by atoms with Crippen molar-refractivity contribution in [2.45, 2.75) is 66.3 Å². The number of nitrogens with one attached hydrogen (secondary N) is 2. The molecule has 4 heteroatoms. The van der Waals surface area contributed by atoms with Crippen LogP contribution in [0.15, 0.2) is 6.07 Å². The molecule has 0 aliphatic rings. The molecule has 0 aliphatic carbocycles. The lowest BCUT2D eigenvalue weighted by Crippen LogP contribution is -2.26. The summed E-state index contributed by atoms with van der Waals surface area (Å²) in [5.41, 5.74) is -0.0542. The number of hydrogen-bond acceptors (Lipinski definition) is 4. The normalized spacial score (nSPS) is 13.4. The van der Waals surface area contributed by atoms with Gasteiger partial charge in [0.05, 0.1) is 0 Å². The van der Waals surface area contributed by atoms with Crippen LogP contribution in [-0.2, 0) is 5.41 Å². The average molecular weight is 278 g/mol. The predicted octanol–water partition coefficient (Wildman–Crippen LogP) is 4.05. The monoisotopic (exact) mass is 278 g/mol. The van der Waals surface area contributed by atoms with Gasteiger partial charge in [-0.25, -0.2) is 9.97 Å². The molecule has 0 bridgehead atoms. The van der Waals surface area contributed by atoms with E-state index in [4.69, 9.17) is 4.98 Å². The van der Waals surface area contributed by atoms with E-state index in [9.17, 15) is 0 Å². The lowest BCUT2D eigenvalue weighted by Gasteiger charge is -2.24. The van der Waals surface area contributed by atoms with Crippen molar-refractivity contribution in [3.63, 3.8) is 0 Å². The lowest BCUT2D eigenvalue weighted by molar-refractivity contribution is 0.506. The first kappa shape index (κ1) is 16.7. The number of nitrogens with zero attached hydrogens (tertiary/aromatic N) is 2. The predicted molar refractivity (Wildman–Crippen MR) is 87.4 cm³/mol. The van der Waals surface area contributed by atoms with Crippen molar-refractivity contribution in [2.24, 2.45) is 5.92 Å². The molecule has 0 radical (unpaired) electrons. The summed E-state index contributed by atoms with van der Waals surface area (Å²) in [4.78, 5) is 9.31. The first-order valence-corrected chi connectivity index (χ1v) is 7.67. The minimum atomic E-state index is -0.0542. The molecule has 0 aliphatic heterocycles. The second kappa shape index (κ2) is 6.91. The van der Waals surface area contributed by atoms with Crippen LogP contribution in [0, 0.1) is 5.92 Å². The van der Waals surface area contributed by atoms with Gasteiger partial charge in [0.1, 0.15) is 17.5 Å². The van der Waals surface area contributed by atoms with Crippen molar-refractivity contribution >= 4 is 11.6 Å². The summed E-state index contributed by atoms with van der Waals surface area (Å²) in [5, 5.41) is 6.84. The van der Waals surface area contributed by atoms with E-state index in [0.29, 0.717) is 12.0 Å². The largest absolute Gasteiger partial charge is 0.370 e. The molecule has 1 heterocycles. The van der Waals surface area contributed by atoms with Crippen LogP contribution in [0.1, 0.15) is 60.7 Å². The van der Waals surface area contributed by atoms with Crippen molar-refractivity contribution < 1.29 is 0 Å². The molecule has 0 saturated heterocycles. The first-order chi connectivity index (χ1) is 9.27. The Labute approximate surface area is 123 Å². The van der Waals surface area contributed by atoms with Gasteiger partial charge < -0.3 is 10.6 Å². The third-order valence-corrected chi connectivity index (χ3v) is 3.33. The minimum absolute atomic E-state index is 0.0542. The maximum absolute atomic E-state index is 4.69. The third-order valence-electron chi connectivity index (χ3n) is 3.33. The van der Waals surface area contributed by atoms with Crippen molar-refractivity contribution in [3.8, 4) is 0 Å². The molecular weight excluding hydrogens is 248 g/mol. The zero-order chi connectivity index (χ0) is 15.3. The van der Waals surface area contributed by atoms with Crippen LogP contribution in [0.2, 0.25) is 0 Å². The standard InChI is InChI=1S/C16H30N4/c1-8-12(11(3)4)18-14-10-13(17-9-2)19-15(20-14)16(5,6)7/h10-12H,8-9H2,1-7H3,(H2,17,18,19,20). The van der Waals surface area contributed by atoms with Crippen LogP contribution in [0.3, 0.4) is 0 Å². The van der Waals surface area contributed by atoms with Crippen LogP contribution in [0.5, 0.6) is 0 Å². The minimum Gasteiger partial charge on any atom is -0.370 e. The Balaban J connectivity index is 3.08. The summed E-state index contributed by atoms with van der Waals surface area (Å²) in [6.45, 7) is 16.0. The molecule has 2 N–H and O–H groups in total. The number of hydrogen-bond donors (Lipinski definition) is 2. The van der Waals surface area contributed by atoms with Crippen LogP contribution in [0.25, 0.3) is 0 Å². The van der Waals surface area contributed by atoms with Crippen LogP contribution in [0.4, 0.5) is 11.6 Å². The van der Waals surface area contributed by atoms with Gasteiger partial charge in [0, 0.05) is 24.1 Å². The molecule has 0 saturated carbocycles. The Morgan fingerprint density at radius 1 is 1.10 bits per heavy atom. The zero-order valence-electron chi connectivity index (χ0n) is 14.0. The summed E-state index contributed by atoms with van der Waals surface area (Å²) in [6.07, 6.45) is 1.09. The van der Waals surface area contributed by atoms with Crippen molar-refractivity contribution in [2.75, 3.05) is 17.2 Å². The fourth-order valence-electron chi connectivity index (χ4n) is 2.06. The Morgan fingerprint density at radius 2 is 1.70 bits per heavy atom. The maximum Gasteiger partial charge on any atom is 0.138 e. The first-order valence-electron chi connectivity index (χ1n) is 7.67. The SMILES string of the molecule is CCNc1cc(NC(CC)C(C)C)nc(C(C)(C)C)n1.